The number of halogens is 1. The van der Waals surface area contributed by atoms with Crippen LogP contribution in [-0.2, 0) is 4.79 Å². The smallest absolute Gasteiger partial charge is 0.235 e. The number of hydrogen-bond acceptors (Lipinski definition) is 4. The number of pyridine rings is 1. The van der Waals surface area contributed by atoms with Crippen molar-refractivity contribution in [1.82, 2.24) is 9.88 Å². The maximum Gasteiger partial charge on any atom is 0.235 e. The third-order valence-electron chi connectivity index (χ3n) is 1.91. The third kappa shape index (κ3) is 6.85. The minimum Gasteiger partial charge on any atom is -0.310 e. The van der Waals surface area contributed by atoms with Crippen LogP contribution in [0.2, 0.25) is 0 Å². The second-order valence-electron chi connectivity index (χ2n) is 3.77. The van der Waals surface area contributed by atoms with Crippen LogP contribution in [0.4, 0.5) is 5.82 Å². The van der Waals surface area contributed by atoms with Gasteiger partial charge in [-0.2, -0.15) is 11.8 Å². The number of rotatable bonds is 6. The number of anilines is 1. The summed E-state index contributed by atoms with van der Waals surface area (Å²) in [5.41, 5.74) is 0. The molecule has 0 saturated carbocycles. The van der Waals surface area contributed by atoms with Crippen LogP contribution in [0.5, 0.6) is 0 Å². The first-order valence-corrected chi connectivity index (χ1v) is 7.45. The molecule has 1 amide bonds. The molecule has 1 rings (SSSR count). The maximum atomic E-state index is 11.6. The summed E-state index contributed by atoms with van der Waals surface area (Å²) in [5, 5.41) is 2.77. The molecule has 0 aromatic carbocycles. The SMILES string of the molecule is CN(C)CCSCC(=O)Nc1ccc(I)cn1. The van der Waals surface area contributed by atoms with Crippen LogP contribution in [-0.4, -0.2) is 47.9 Å². The van der Waals surface area contributed by atoms with Crippen molar-refractivity contribution < 1.29 is 4.79 Å². The zero-order valence-electron chi connectivity index (χ0n) is 9.94. The summed E-state index contributed by atoms with van der Waals surface area (Å²) < 4.78 is 1.06. The molecule has 0 unspecified atom stereocenters. The number of nitrogens with one attached hydrogen (secondary N) is 1. The lowest BCUT2D eigenvalue weighted by Gasteiger charge is -2.08. The van der Waals surface area contributed by atoms with E-state index in [1.165, 1.54) is 0 Å². The molecule has 6 heteroatoms. The zero-order valence-corrected chi connectivity index (χ0v) is 12.9. The number of nitrogens with zero attached hydrogens (tertiary/aromatic N) is 2. The van der Waals surface area contributed by atoms with Gasteiger partial charge in [-0.15, -0.1) is 0 Å². The highest BCUT2D eigenvalue weighted by molar-refractivity contribution is 14.1. The van der Waals surface area contributed by atoms with E-state index in [-0.39, 0.29) is 5.91 Å². The summed E-state index contributed by atoms with van der Waals surface area (Å²) >= 11 is 3.81. The van der Waals surface area contributed by atoms with Crippen LogP contribution >= 0.6 is 34.4 Å². The average Bonchev–Trinajstić information content (AvgIpc) is 2.27. The highest BCUT2D eigenvalue weighted by Gasteiger charge is 2.03. The van der Waals surface area contributed by atoms with Gasteiger partial charge in [-0.25, -0.2) is 4.98 Å². The summed E-state index contributed by atoms with van der Waals surface area (Å²) in [6, 6.07) is 3.73. The number of aromatic nitrogens is 1. The summed E-state index contributed by atoms with van der Waals surface area (Å²) in [6.45, 7) is 0.986. The van der Waals surface area contributed by atoms with Gasteiger partial charge in [0.25, 0.3) is 0 Å². The molecular formula is C11H16IN3OS. The van der Waals surface area contributed by atoms with E-state index in [4.69, 9.17) is 0 Å². The van der Waals surface area contributed by atoms with Gasteiger partial charge in [0.2, 0.25) is 5.91 Å². The van der Waals surface area contributed by atoms with Crippen molar-refractivity contribution in [2.45, 2.75) is 0 Å². The molecule has 0 aliphatic rings. The number of amides is 1. The predicted octanol–water partition coefficient (Wildman–Crippen LogP) is 1.92. The van der Waals surface area contributed by atoms with Gasteiger partial charge in [0.15, 0.2) is 0 Å². The second-order valence-corrected chi connectivity index (χ2v) is 6.12. The third-order valence-corrected chi connectivity index (χ3v) is 3.49. The molecule has 0 atom stereocenters. The van der Waals surface area contributed by atoms with Crippen molar-refractivity contribution in [2.75, 3.05) is 37.5 Å². The van der Waals surface area contributed by atoms with E-state index >= 15 is 0 Å². The summed E-state index contributed by atoms with van der Waals surface area (Å²) in [6.07, 6.45) is 1.73. The Morgan fingerprint density at radius 3 is 2.88 bits per heavy atom. The molecule has 0 aliphatic carbocycles. The highest BCUT2D eigenvalue weighted by Crippen LogP contribution is 2.08. The Balaban J connectivity index is 2.23. The molecule has 1 N–H and O–H groups in total. The van der Waals surface area contributed by atoms with Crippen molar-refractivity contribution >= 4 is 46.1 Å². The molecule has 0 radical (unpaired) electrons. The molecule has 4 nitrogen and oxygen atoms in total. The highest BCUT2D eigenvalue weighted by atomic mass is 127. The van der Waals surface area contributed by atoms with E-state index in [1.54, 1.807) is 18.0 Å². The maximum absolute atomic E-state index is 11.6. The van der Waals surface area contributed by atoms with Crippen LogP contribution < -0.4 is 5.32 Å². The number of carbonyl (C=O) groups excluding carboxylic acids is 1. The van der Waals surface area contributed by atoms with Gasteiger partial charge in [0.1, 0.15) is 5.82 Å². The van der Waals surface area contributed by atoms with Crippen molar-refractivity contribution in [2.24, 2.45) is 0 Å². The van der Waals surface area contributed by atoms with Gasteiger partial charge in [0.05, 0.1) is 5.75 Å². The Morgan fingerprint density at radius 1 is 1.53 bits per heavy atom. The Kier molecular flexibility index (Phi) is 6.83. The zero-order chi connectivity index (χ0) is 12.7. The second kappa shape index (κ2) is 7.88. The van der Waals surface area contributed by atoms with Crippen molar-refractivity contribution in [1.29, 1.82) is 0 Å². The van der Waals surface area contributed by atoms with E-state index in [0.717, 1.165) is 15.9 Å². The van der Waals surface area contributed by atoms with Crippen LogP contribution in [0.1, 0.15) is 0 Å². The molecule has 94 valence electrons. The minimum atomic E-state index is 0.00228. The lowest BCUT2D eigenvalue weighted by molar-refractivity contribution is -0.113. The van der Waals surface area contributed by atoms with Gasteiger partial charge in [-0.05, 0) is 48.8 Å². The Hall–Kier alpha value is -0.340. The van der Waals surface area contributed by atoms with E-state index in [1.807, 2.05) is 26.2 Å². The van der Waals surface area contributed by atoms with Gasteiger partial charge in [0, 0.05) is 22.1 Å². The quantitative estimate of drug-likeness (QED) is 0.618. The van der Waals surface area contributed by atoms with E-state index in [0.29, 0.717) is 11.6 Å². The monoisotopic (exact) mass is 365 g/mol. The van der Waals surface area contributed by atoms with Crippen LogP contribution in [0.3, 0.4) is 0 Å². The van der Waals surface area contributed by atoms with Gasteiger partial charge in [-0.3, -0.25) is 4.79 Å². The fraction of sp³-hybridized carbons (Fsp3) is 0.455. The van der Waals surface area contributed by atoms with Crippen LogP contribution in [0.15, 0.2) is 18.3 Å². The average molecular weight is 365 g/mol. The number of carbonyl (C=O) groups is 1. The minimum absolute atomic E-state index is 0.00228. The molecule has 1 aromatic heterocycles. The van der Waals surface area contributed by atoms with E-state index < -0.39 is 0 Å². The molecule has 0 aliphatic heterocycles. The molecule has 0 saturated heterocycles. The fourth-order valence-electron chi connectivity index (χ4n) is 1.04. The van der Waals surface area contributed by atoms with Gasteiger partial charge >= 0.3 is 0 Å². The molecule has 1 heterocycles. The molecule has 0 bridgehead atoms. The molecule has 0 fully saturated rings. The Labute approximate surface area is 120 Å². The lowest BCUT2D eigenvalue weighted by Crippen LogP contribution is -2.18. The first-order chi connectivity index (χ1) is 8.08. The molecular weight excluding hydrogens is 349 g/mol. The fourth-order valence-corrected chi connectivity index (χ4v) is 2.26. The molecule has 1 aromatic rings. The first kappa shape index (κ1) is 14.7. The number of hydrogen-bond donors (Lipinski definition) is 1. The Bertz CT molecular complexity index is 356. The molecule has 17 heavy (non-hydrogen) atoms. The summed E-state index contributed by atoms with van der Waals surface area (Å²) in [4.78, 5) is 17.8. The largest absolute Gasteiger partial charge is 0.310 e. The standard InChI is InChI=1S/C11H16IN3OS/c1-15(2)5-6-17-8-11(16)14-10-4-3-9(12)7-13-10/h3-4,7H,5-6,8H2,1-2H3,(H,13,14,16). The van der Waals surface area contributed by atoms with E-state index in [2.05, 4.69) is 37.8 Å². The van der Waals surface area contributed by atoms with Crippen molar-refractivity contribution in [3.05, 3.63) is 21.9 Å². The van der Waals surface area contributed by atoms with Crippen molar-refractivity contribution in [3.63, 3.8) is 0 Å². The predicted molar refractivity (Wildman–Crippen MR) is 81.5 cm³/mol. The Morgan fingerprint density at radius 2 is 2.29 bits per heavy atom. The van der Waals surface area contributed by atoms with Gasteiger partial charge in [-0.1, -0.05) is 0 Å². The van der Waals surface area contributed by atoms with E-state index in [9.17, 15) is 4.79 Å². The summed E-state index contributed by atoms with van der Waals surface area (Å²) in [7, 11) is 4.05. The normalized spacial score (nSPS) is 10.6. The number of thioether (sulfide) groups is 1. The lowest BCUT2D eigenvalue weighted by atomic mass is 10.4. The topological polar surface area (TPSA) is 45.2 Å². The summed E-state index contributed by atoms with van der Waals surface area (Å²) in [5.74, 6) is 2.05. The van der Waals surface area contributed by atoms with Crippen LogP contribution in [0, 0.1) is 3.57 Å². The van der Waals surface area contributed by atoms with Gasteiger partial charge < -0.3 is 10.2 Å². The van der Waals surface area contributed by atoms with Crippen LogP contribution in [0.25, 0.3) is 0 Å². The first-order valence-electron chi connectivity index (χ1n) is 5.22. The van der Waals surface area contributed by atoms with Crippen molar-refractivity contribution in [3.8, 4) is 0 Å². The molecule has 0 spiro atoms.